The van der Waals surface area contributed by atoms with E-state index in [1.807, 2.05) is 13.8 Å². The Morgan fingerprint density at radius 2 is 1.89 bits per heavy atom. The number of hydrogen-bond acceptors (Lipinski definition) is 4. The Morgan fingerprint density at radius 1 is 1.26 bits per heavy atom. The summed E-state index contributed by atoms with van der Waals surface area (Å²) in [5.74, 6) is 0. The maximum absolute atomic E-state index is 12.3. The zero-order chi connectivity index (χ0) is 14.3. The molecular weight excluding hydrogens is 248 g/mol. The third-order valence-electron chi connectivity index (χ3n) is 3.47. The van der Waals surface area contributed by atoms with Gasteiger partial charge in [-0.05, 0) is 13.3 Å². The standard InChI is InChI=1S/C12H18N4O3/c1-6-7(2)16-8-9(13-11(16)19-5)14(3)12(18)15(4)10(8)17/h7H,6H2,1-5H3/t7-/m1/s1. The van der Waals surface area contributed by atoms with Gasteiger partial charge in [-0.25, -0.2) is 4.79 Å². The molecule has 0 spiro atoms. The molecule has 0 saturated heterocycles. The first-order valence-corrected chi connectivity index (χ1v) is 6.15. The Bertz CT molecular complexity index is 738. The lowest BCUT2D eigenvalue weighted by molar-refractivity contribution is 0.342. The second-order valence-electron chi connectivity index (χ2n) is 4.60. The molecule has 0 aliphatic carbocycles. The van der Waals surface area contributed by atoms with Gasteiger partial charge >= 0.3 is 5.69 Å². The Morgan fingerprint density at radius 3 is 2.42 bits per heavy atom. The number of ether oxygens (including phenoxy) is 1. The van der Waals surface area contributed by atoms with Crippen molar-refractivity contribution in [1.82, 2.24) is 18.7 Å². The molecule has 104 valence electrons. The third-order valence-corrected chi connectivity index (χ3v) is 3.47. The molecule has 0 aromatic carbocycles. The summed E-state index contributed by atoms with van der Waals surface area (Å²) in [6, 6.07) is 0.410. The van der Waals surface area contributed by atoms with Crippen LogP contribution in [0.5, 0.6) is 6.01 Å². The van der Waals surface area contributed by atoms with E-state index in [1.54, 1.807) is 11.6 Å². The van der Waals surface area contributed by atoms with E-state index < -0.39 is 5.69 Å². The van der Waals surface area contributed by atoms with Crippen molar-refractivity contribution >= 4 is 11.2 Å². The number of imidazole rings is 1. The number of nitrogens with zero attached hydrogens (tertiary/aromatic N) is 4. The summed E-state index contributed by atoms with van der Waals surface area (Å²) in [6.45, 7) is 4.00. The number of aromatic nitrogens is 4. The van der Waals surface area contributed by atoms with Gasteiger partial charge in [0.25, 0.3) is 11.6 Å². The number of rotatable bonds is 3. The van der Waals surface area contributed by atoms with Crippen LogP contribution in [0.15, 0.2) is 9.59 Å². The van der Waals surface area contributed by atoms with E-state index in [2.05, 4.69) is 4.98 Å². The number of methoxy groups -OCH3 is 1. The highest BCUT2D eigenvalue weighted by Gasteiger charge is 2.21. The first kappa shape index (κ1) is 13.4. The van der Waals surface area contributed by atoms with Crippen molar-refractivity contribution in [3.8, 4) is 6.01 Å². The average molecular weight is 266 g/mol. The van der Waals surface area contributed by atoms with E-state index in [9.17, 15) is 9.59 Å². The van der Waals surface area contributed by atoms with Crippen molar-refractivity contribution in [2.45, 2.75) is 26.3 Å². The molecule has 0 bridgehead atoms. The van der Waals surface area contributed by atoms with Crippen molar-refractivity contribution in [2.75, 3.05) is 7.11 Å². The SMILES string of the molecule is CC[C@@H](C)n1c(OC)nc2c1c(=O)n(C)c(=O)n2C. The fourth-order valence-electron chi connectivity index (χ4n) is 2.13. The van der Waals surface area contributed by atoms with Crippen LogP contribution in [0.1, 0.15) is 26.3 Å². The van der Waals surface area contributed by atoms with Gasteiger partial charge in [-0.15, -0.1) is 0 Å². The molecule has 0 amide bonds. The van der Waals surface area contributed by atoms with Crippen LogP contribution in [0.25, 0.3) is 11.2 Å². The molecule has 0 saturated carbocycles. The molecule has 2 aromatic rings. The summed E-state index contributed by atoms with van der Waals surface area (Å²) in [7, 11) is 4.56. The van der Waals surface area contributed by atoms with Crippen LogP contribution in [0.2, 0.25) is 0 Å². The third kappa shape index (κ3) is 1.76. The van der Waals surface area contributed by atoms with E-state index >= 15 is 0 Å². The summed E-state index contributed by atoms with van der Waals surface area (Å²) in [5, 5.41) is 0. The van der Waals surface area contributed by atoms with E-state index in [1.165, 1.54) is 18.7 Å². The van der Waals surface area contributed by atoms with Gasteiger partial charge in [-0.2, -0.15) is 4.98 Å². The monoisotopic (exact) mass is 266 g/mol. The molecule has 7 nitrogen and oxygen atoms in total. The number of aryl methyl sites for hydroxylation is 1. The Balaban J connectivity index is 3.04. The molecule has 0 N–H and O–H groups in total. The zero-order valence-corrected chi connectivity index (χ0v) is 11.8. The topological polar surface area (TPSA) is 71.1 Å². The highest BCUT2D eigenvalue weighted by atomic mass is 16.5. The second-order valence-corrected chi connectivity index (χ2v) is 4.60. The summed E-state index contributed by atoms with van der Waals surface area (Å²) in [6.07, 6.45) is 0.827. The highest BCUT2D eigenvalue weighted by molar-refractivity contribution is 5.72. The minimum Gasteiger partial charge on any atom is -0.468 e. The minimum absolute atomic E-state index is 0.0603. The predicted octanol–water partition coefficient (Wildman–Crippen LogP) is 0.413. The fourth-order valence-corrected chi connectivity index (χ4v) is 2.13. The maximum Gasteiger partial charge on any atom is 0.332 e. The first-order chi connectivity index (χ1) is 8.93. The Kier molecular flexibility index (Phi) is 3.21. The normalized spacial score (nSPS) is 12.9. The molecular formula is C12H18N4O3. The van der Waals surface area contributed by atoms with Crippen LogP contribution in [-0.2, 0) is 14.1 Å². The molecule has 0 radical (unpaired) electrons. The van der Waals surface area contributed by atoms with Crippen molar-refractivity contribution in [3.05, 3.63) is 20.8 Å². The Hall–Kier alpha value is -2.05. The second kappa shape index (κ2) is 4.56. The lowest BCUT2D eigenvalue weighted by atomic mass is 10.2. The van der Waals surface area contributed by atoms with E-state index in [-0.39, 0.29) is 11.6 Å². The lowest BCUT2D eigenvalue weighted by Crippen LogP contribution is -2.37. The predicted molar refractivity (Wildman–Crippen MR) is 71.8 cm³/mol. The molecule has 0 unspecified atom stereocenters. The molecule has 7 heteroatoms. The van der Waals surface area contributed by atoms with Gasteiger partial charge in [-0.3, -0.25) is 18.5 Å². The Labute approximate surface area is 110 Å². The summed E-state index contributed by atoms with van der Waals surface area (Å²) in [5.41, 5.74) is 0.00389. The molecule has 2 aromatic heterocycles. The van der Waals surface area contributed by atoms with Gasteiger partial charge in [0, 0.05) is 20.1 Å². The fraction of sp³-hybridized carbons (Fsp3) is 0.583. The van der Waals surface area contributed by atoms with Crippen LogP contribution >= 0.6 is 0 Å². The van der Waals surface area contributed by atoms with Crippen LogP contribution in [0.3, 0.4) is 0 Å². The van der Waals surface area contributed by atoms with Crippen molar-refractivity contribution in [2.24, 2.45) is 14.1 Å². The van der Waals surface area contributed by atoms with Crippen molar-refractivity contribution < 1.29 is 4.74 Å². The largest absolute Gasteiger partial charge is 0.468 e. The highest BCUT2D eigenvalue weighted by Crippen LogP contribution is 2.24. The van der Waals surface area contributed by atoms with Gasteiger partial charge in [0.15, 0.2) is 11.2 Å². The molecule has 19 heavy (non-hydrogen) atoms. The summed E-state index contributed by atoms with van der Waals surface area (Å²) in [4.78, 5) is 28.4. The quantitative estimate of drug-likeness (QED) is 0.807. The van der Waals surface area contributed by atoms with Crippen LogP contribution < -0.4 is 16.0 Å². The van der Waals surface area contributed by atoms with Gasteiger partial charge in [0.2, 0.25) is 0 Å². The van der Waals surface area contributed by atoms with Gasteiger partial charge in [0.05, 0.1) is 7.11 Å². The van der Waals surface area contributed by atoms with E-state index in [0.29, 0.717) is 17.2 Å². The smallest absolute Gasteiger partial charge is 0.332 e. The van der Waals surface area contributed by atoms with Crippen molar-refractivity contribution in [3.63, 3.8) is 0 Å². The van der Waals surface area contributed by atoms with E-state index in [0.717, 1.165) is 11.0 Å². The molecule has 0 fully saturated rings. The summed E-state index contributed by atoms with van der Waals surface area (Å²) >= 11 is 0. The molecule has 0 aliphatic heterocycles. The van der Waals surface area contributed by atoms with Gasteiger partial charge < -0.3 is 4.74 Å². The van der Waals surface area contributed by atoms with E-state index in [4.69, 9.17) is 4.74 Å². The number of hydrogen-bond donors (Lipinski definition) is 0. The van der Waals surface area contributed by atoms with Gasteiger partial charge in [0.1, 0.15) is 0 Å². The van der Waals surface area contributed by atoms with Crippen LogP contribution in [0.4, 0.5) is 0 Å². The molecule has 2 rings (SSSR count). The number of fused-ring (bicyclic) bond motifs is 1. The molecule has 2 heterocycles. The lowest BCUT2D eigenvalue weighted by Gasteiger charge is -2.14. The van der Waals surface area contributed by atoms with Crippen molar-refractivity contribution in [1.29, 1.82) is 0 Å². The van der Waals surface area contributed by atoms with Crippen LogP contribution in [-0.4, -0.2) is 25.8 Å². The molecule has 1 atom stereocenters. The molecule has 0 aliphatic rings. The average Bonchev–Trinajstić information content (AvgIpc) is 2.81. The zero-order valence-electron chi connectivity index (χ0n) is 11.8. The first-order valence-electron chi connectivity index (χ1n) is 6.15. The maximum atomic E-state index is 12.3. The van der Waals surface area contributed by atoms with Gasteiger partial charge in [-0.1, -0.05) is 6.92 Å². The summed E-state index contributed by atoms with van der Waals surface area (Å²) < 4.78 is 9.42. The van der Waals surface area contributed by atoms with Crippen LogP contribution in [0, 0.1) is 0 Å². The minimum atomic E-state index is -0.394.